The number of nitrogens with two attached hydrogens (primary N) is 1. The van der Waals surface area contributed by atoms with Crippen LogP contribution in [0.15, 0.2) is 57.2 Å². The SMILES string of the molecule is C[C@@H]1CC(=O)Nc2cc(S(=O)(=O)Nc3ccc(S(N)(=O)=O)cc3)ccc2S1. The van der Waals surface area contributed by atoms with Crippen LogP contribution in [0, 0.1) is 0 Å². The smallest absolute Gasteiger partial charge is 0.261 e. The third-order valence-corrected chi connectivity index (χ3v) is 7.26. The van der Waals surface area contributed by atoms with Crippen LogP contribution in [-0.4, -0.2) is 28.0 Å². The lowest BCUT2D eigenvalue weighted by atomic mass is 10.3. The number of thioether (sulfide) groups is 1. The topological polar surface area (TPSA) is 135 Å². The summed E-state index contributed by atoms with van der Waals surface area (Å²) in [5.74, 6) is -0.171. The van der Waals surface area contributed by atoms with Gasteiger partial charge in [0.2, 0.25) is 15.9 Å². The zero-order chi connectivity index (χ0) is 19.8. The molecule has 0 saturated heterocycles. The highest BCUT2D eigenvalue weighted by Gasteiger charge is 2.22. The Kier molecular flexibility index (Phi) is 5.21. The molecule has 1 heterocycles. The van der Waals surface area contributed by atoms with Gasteiger partial charge < -0.3 is 5.32 Å². The van der Waals surface area contributed by atoms with Crippen LogP contribution in [0.25, 0.3) is 0 Å². The summed E-state index contributed by atoms with van der Waals surface area (Å²) in [5.41, 5.74) is 0.631. The Hall–Kier alpha value is -2.08. The number of rotatable bonds is 4. The van der Waals surface area contributed by atoms with E-state index in [1.165, 1.54) is 48.2 Å². The predicted molar refractivity (Wildman–Crippen MR) is 104 cm³/mol. The Morgan fingerprint density at radius 3 is 2.33 bits per heavy atom. The third kappa shape index (κ3) is 4.61. The van der Waals surface area contributed by atoms with Gasteiger partial charge in [-0.1, -0.05) is 6.92 Å². The molecule has 8 nitrogen and oxygen atoms in total. The number of fused-ring (bicyclic) bond motifs is 1. The van der Waals surface area contributed by atoms with Crippen molar-refractivity contribution in [3.63, 3.8) is 0 Å². The first-order chi connectivity index (χ1) is 12.5. The fourth-order valence-corrected chi connectivity index (χ4v) is 5.18. The second-order valence-electron chi connectivity index (χ2n) is 6.01. The van der Waals surface area contributed by atoms with Gasteiger partial charge in [0.15, 0.2) is 0 Å². The van der Waals surface area contributed by atoms with Gasteiger partial charge in [0.05, 0.1) is 15.5 Å². The number of anilines is 2. The molecule has 0 bridgehead atoms. The average Bonchev–Trinajstić information content (AvgIpc) is 2.69. The molecule has 0 aromatic heterocycles. The molecule has 2 aromatic carbocycles. The Bertz CT molecular complexity index is 1100. The van der Waals surface area contributed by atoms with Gasteiger partial charge in [-0.15, -0.1) is 11.8 Å². The molecule has 144 valence electrons. The largest absolute Gasteiger partial charge is 0.325 e. The lowest BCUT2D eigenvalue weighted by Crippen LogP contribution is -2.15. The molecule has 0 spiro atoms. The highest BCUT2D eigenvalue weighted by atomic mass is 32.2. The molecule has 4 N–H and O–H groups in total. The van der Waals surface area contributed by atoms with E-state index in [2.05, 4.69) is 10.0 Å². The van der Waals surface area contributed by atoms with Gasteiger partial charge in [-0.25, -0.2) is 22.0 Å². The molecule has 11 heteroatoms. The molecule has 1 aliphatic heterocycles. The summed E-state index contributed by atoms with van der Waals surface area (Å²) < 4.78 is 50.2. The number of nitrogens with one attached hydrogen (secondary N) is 2. The molecule has 0 unspecified atom stereocenters. The van der Waals surface area contributed by atoms with E-state index in [4.69, 9.17) is 5.14 Å². The Labute approximate surface area is 161 Å². The molecule has 1 aliphatic rings. The Morgan fingerprint density at radius 1 is 1.07 bits per heavy atom. The lowest BCUT2D eigenvalue weighted by Gasteiger charge is -2.12. The number of benzene rings is 2. The highest BCUT2D eigenvalue weighted by molar-refractivity contribution is 8.00. The van der Waals surface area contributed by atoms with Gasteiger partial charge in [0.25, 0.3) is 10.0 Å². The molecule has 1 amide bonds. The maximum Gasteiger partial charge on any atom is 0.261 e. The molecular formula is C16H17N3O5S3. The van der Waals surface area contributed by atoms with Crippen LogP contribution in [0.1, 0.15) is 13.3 Å². The number of sulfonamides is 2. The van der Waals surface area contributed by atoms with Crippen LogP contribution in [0.2, 0.25) is 0 Å². The fourth-order valence-electron chi connectivity index (χ4n) is 2.52. The van der Waals surface area contributed by atoms with Gasteiger partial charge in [0.1, 0.15) is 0 Å². The van der Waals surface area contributed by atoms with Gasteiger partial charge in [0, 0.05) is 22.3 Å². The van der Waals surface area contributed by atoms with Crippen molar-refractivity contribution >= 4 is 49.1 Å². The number of primary sulfonamides is 1. The first-order valence-electron chi connectivity index (χ1n) is 7.81. The van der Waals surface area contributed by atoms with E-state index in [1.54, 1.807) is 6.07 Å². The maximum atomic E-state index is 12.6. The summed E-state index contributed by atoms with van der Waals surface area (Å²) >= 11 is 1.50. The zero-order valence-electron chi connectivity index (χ0n) is 14.2. The first kappa shape index (κ1) is 19.7. The van der Waals surface area contributed by atoms with E-state index >= 15 is 0 Å². The molecule has 0 saturated carbocycles. The van der Waals surface area contributed by atoms with Crippen molar-refractivity contribution in [3.8, 4) is 0 Å². The average molecular weight is 428 g/mol. The van der Waals surface area contributed by atoms with Gasteiger partial charge in [-0.05, 0) is 42.5 Å². The van der Waals surface area contributed by atoms with Crippen LogP contribution in [-0.2, 0) is 24.8 Å². The quantitative estimate of drug-likeness (QED) is 0.682. The van der Waals surface area contributed by atoms with Crippen molar-refractivity contribution in [2.75, 3.05) is 10.0 Å². The van der Waals surface area contributed by atoms with Crippen molar-refractivity contribution in [1.29, 1.82) is 0 Å². The lowest BCUT2D eigenvalue weighted by molar-refractivity contribution is -0.116. The number of carbonyl (C=O) groups excluding carboxylic acids is 1. The van der Waals surface area contributed by atoms with Crippen molar-refractivity contribution in [2.24, 2.45) is 5.14 Å². The molecule has 0 aliphatic carbocycles. The fraction of sp³-hybridized carbons (Fsp3) is 0.188. The second kappa shape index (κ2) is 7.15. The van der Waals surface area contributed by atoms with Crippen LogP contribution >= 0.6 is 11.8 Å². The number of amides is 1. The minimum atomic E-state index is -3.93. The molecular weight excluding hydrogens is 410 g/mol. The van der Waals surface area contributed by atoms with E-state index in [0.717, 1.165) is 4.90 Å². The predicted octanol–water partition coefficient (Wildman–Crippen LogP) is 1.96. The van der Waals surface area contributed by atoms with E-state index in [-0.39, 0.29) is 26.6 Å². The van der Waals surface area contributed by atoms with Crippen LogP contribution in [0.4, 0.5) is 11.4 Å². The standard InChI is InChI=1S/C16H17N3O5S3/c1-10-8-16(20)18-14-9-13(6-7-15(14)25-10)27(23,24)19-11-2-4-12(5-3-11)26(17,21)22/h2-7,9-10,19H,8H2,1H3,(H,18,20)(H2,17,21,22)/t10-/m1/s1. The summed E-state index contributed by atoms with van der Waals surface area (Å²) in [4.78, 5) is 12.5. The molecule has 0 fully saturated rings. The number of hydrogen-bond donors (Lipinski definition) is 3. The summed E-state index contributed by atoms with van der Waals surface area (Å²) in [6.07, 6.45) is 0.343. The molecule has 3 rings (SSSR count). The van der Waals surface area contributed by atoms with Crippen LogP contribution in [0.3, 0.4) is 0 Å². The summed E-state index contributed by atoms with van der Waals surface area (Å²) in [7, 11) is -7.79. The molecule has 27 heavy (non-hydrogen) atoms. The van der Waals surface area contributed by atoms with Gasteiger partial charge >= 0.3 is 0 Å². The van der Waals surface area contributed by atoms with E-state index in [9.17, 15) is 21.6 Å². The first-order valence-corrected chi connectivity index (χ1v) is 11.7. The van der Waals surface area contributed by atoms with E-state index in [0.29, 0.717) is 12.1 Å². The Morgan fingerprint density at radius 2 is 1.70 bits per heavy atom. The summed E-state index contributed by atoms with van der Waals surface area (Å²) in [6, 6.07) is 9.54. The zero-order valence-corrected chi connectivity index (χ0v) is 16.6. The van der Waals surface area contributed by atoms with Crippen LogP contribution < -0.4 is 15.2 Å². The van der Waals surface area contributed by atoms with Crippen LogP contribution in [0.5, 0.6) is 0 Å². The number of hydrogen-bond acceptors (Lipinski definition) is 6. The second-order valence-corrected chi connectivity index (χ2v) is 10.7. The summed E-state index contributed by atoms with van der Waals surface area (Å²) in [5, 5.41) is 7.83. The third-order valence-electron chi connectivity index (χ3n) is 3.77. The molecule has 2 aromatic rings. The van der Waals surface area contributed by atoms with Gasteiger partial charge in [-0.2, -0.15) is 0 Å². The minimum absolute atomic E-state index is 0.0211. The minimum Gasteiger partial charge on any atom is -0.325 e. The highest BCUT2D eigenvalue weighted by Crippen LogP contribution is 2.36. The van der Waals surface area contributed by atoms with Crippen molar-refractivity contribution in [2.45, 2.75) is 33.3 Å². The van der Waals surface area contributed by atoms with Gasteiger partial charge in [-0.3, -0.25) is 9.52 Å². The van der Waals surface area contributed by atoms with Crippen molar-refractivity contribution in [1.82, 2.24) is 0 Å². The van der Waals surface area contributed by atoms with Crippen molar-refractivity contribution in [3.05, 3.63) is 42.5 Å². The molecule has 1 atom stereocenters. The molecule has 0 radical (unpaired) electrons. The van der Waals surface area contributed by atoms with E-state index < -0.39 is 20.0 Å². The monoisotopic (exact) mass is 427 g/mol. The number of carbonyl (C=O) groups is 1. The van der Waals surface area contributed by atoms with Crippen molar-refractivity contribution < 1.29 is 21.6 Å². The normalized spacial score (nSPS) is 17.6. The van der Waals surface area contributed by atoms with E-state index in [1.807, 2.05) is 6.92 Å². The maximum absolute atomic E-state index is 12.6. The summed E-state index contributed by atoms with van der Waals surface area (Å²) in [6.45, 7) is 1.93. The Balaban J connectivity index is 1.88.